The average Bonchev–Trinajstić information content (AvgIpc) is 1.77. The van der Waals surface area contributed by atoms with Gasteiger partial charge in [0.25, 0.3) is 0 Å². The van der Waals surface area contributed by atoms with Crippen molar-refractivity contribution in [2.75, 3.05) is 0 Å². The lowest BCUT2D eigenvalue weighted by Crippen LogP contribution is -1.93. The third kappa shape index (κ3) is 1.19. The Morgan fingerprint density at radius 3 is 2.62 bits per heavy atom. The fourth-order valence-corrected chi connectivity index (χ4v) is 0.665. The number of nitrogens with two attached hydrogens (primary N) is 1. The zero-order chi connectivity index (χ0) is 5.98. The molecule has 0 unspecified atom stereocenters. The molecule has 0 aromatic carbocycles. The van der Waals surface area contributed by atoms with Gasteiger partial charge >= 0.3 is 0 Å². The molecule has 0 bridgehead atoms. The maximum atomic E-state index is 5.37. The summed E-state index contributed by atoms with van der Waals surface area (Å²) in [5, 5.41) is 0. The highest BCUT2D eigenvalue weighted by Crippen LogP contribution is 2.10. The van der Waals surface area contributed by atoms with Crippen molar-refractivity contribution < 1.29 is 0 Å². The molecule has 0 saturated carbocycles. The molecule has 0 aliphatic heterocycles. The number of halogens is 1. The Balaban J connectivity index is 2.86. The van der Waals surface area contributed by atoms with Gasteiger partial charge in [0.15, 0.2) is 4.48 Å². The van der Waals surface area contributed by atoms with Crippen molar-refractivity contribution in [2.24, 2.45) is 5.73 Å². The van der Waals surface area contributed by atoms with E-state index in [0.717, 1.165) is 10.2 Å². The second kappa shape index (κ2) is 2.12. The van der Waals surface area contributed by atoms with Crippen LogP contribution in [0.25, 0.3) is 0 Å². The molecular formula is C6H5BrN+. The van der Waals surface area contributed by atoms with Crippen LogP contribution in [0.15, 0.2) is 28.4 Å². The van der Waals surface area contributed by atoms with E-state index in [2.05, 4.69) is 22.0 Å². The van der Waals surface area contributed by atoms with Crippen molar-refractivity contribution in [3.05, 3.63) is 34.5 Å². The highest BCUT2D eigenvalue weighted by Gasteiger charge is 2.00. The van der Waals surface area contributed by atoms with E-state index in [1.807, 2.05) is 12.2 Å². The van der Waals surface area contributed by atoms with E-state index in [9.17, 15) is 0 Å². The van der Waals surface area contributed by atoms with Crippen molar-refractivity contribution in [3.8, 4) is 0 Å². The number of allylic oxidation sites excluding steroid dienone is 5. The maximum absolute atomic E-state index is 5.37. The van der Waals surface area contributed by atoms with E-state index in [0.29, 0.717) is 0 Å². The van der Waals surface area contributed by atoms with Crippen LogP contribution in [0, 0.1) is 6.08 Å². The van der Waals surface area contributed by atoms with Crippen molar-refractivity contribution in [3.63, 3.8) is 0 Å². The molecule has 40 valence electrons. The van der Waals surface area contributed by atoms with Gasteiger partial charge in [-0.1, -0.05) is 0 Å². The highest BCUT2D eigenvalue weighted by molar-refractivity contribution is 9.11. The standard InChI is InChI=1S/C6H5BrN/c7-5-1-3-6(8)4-2-5/h1,3-4H,8H2/q+1. The summed E-state index contributed by atoms with van der Waals surface area (Å²) < 4.78 is 0.937. The molecule has 0 aromatic heterocycles. The van der Waals surface area contributed by atoms with Gasteiger partial charge in [0.2, 0.25) is 0 Å². The minimum Gasteiger partial charge on any atom is -0.347 e. The van der Waals surface area contributed by atoms with E-state index < -0.39 is 0 Å². The fourth-order valence-electron chi connectivity index (χ4n) is 0.418. The smallest absolute Gasteiger partial charge is 0.181 e. The van der Waals surface area contributed by atoms with Crippen molar-refractivity contribution in [1.29, 1.82) is 0 Å². The molecule has 0 amide bonds. The van der Waals surface area contributed by atoms with Gasteiger partial charge in [0.05, 0.1) is 18.2 Å². The predicted molar refractivity (Wildman–Crippen MR) is 37.1 cm³/mol. The first-order valence-electron chi connectivity index (χ1n) is 2.22. The topological polar surface area (TPSA) is 26.0 Å². The third-order valence-corrected chi connectivity index (χ3v) is 1.29. The lowest BCUT2D eigenvalue weighted by atomic mass is 10.3. The van der Waals surface area contributed by atoms with Gasteiger partial charge in [-0.3, -0.25) is 0 Å². The molecule has 1 nitrogen and oxygen atoms in total. The van der Waals surface area contributed by atoms with Gasteiger partial charge in [-0.15, -0.1) is 0 Å². The number of hydrogen-bond acceptors (Lipinski definition) is 1. The first kappa shape index (κ1) is 5.54. The molecule has 2 heteroatoms. The SMILES string of the molecule is NC1=C[C+]=C(Br)C=C1. The fraction of sp³-hybridized carbons (Fsp3) is 0. The zero-order valence-corrected chi connectivity index (χ0v) is 5.77. The van der Waals surface area contributed by atoms with E-state index in [4.69, 9.17) is 5.73 Å². The second-order valence-electron chi connectivity index (χ2n) is 1.47. The van der Waals surface area contributed by atoms with Crippen LogP contribution in [0.1, 0.15) is 0 Å². The van der Waals surface area contributed by atoms with E-state index in [1.165, 1.54) is 0 Å². The number of hydrogen-bond donors (Lipinski definition) is 1. The van der Waals surface area contributed by atoms with Gasteiger partial charge in [-0.2, -0.15) is 0 Å². The largest absolute Gasteiger partial charge is 0.347 e. The molecule has 0 heterocycles. The number of rotatable bonds is 0. The van der Waals surface area contributed by atoms with Crippen LogP contribution in [-0.2, 0) is 0 Å². The molecule has 2 N–H and O–H groups in total. The van der Waals surface area contributed by atoms with Gasteiger partial charge < -0.3 is 5.73 Å². The molecule has 0 radical (unpaired) electrons. The molecule has 0 saturated heterocycles. The first-order valence-corrected chi connectivity index (χ1v) is 3.01. The predicted octanol–water partition coefficient (Wildman–Crippen LogP) is 1.48. The molecule has 8 heavy (non-hydrogen) atoms. The van der Waals surface area contributed by atoms with Crippen molar-refractivity contribution >= 4 is 15.9 Å². The third-order valence-electron chi connectivity index (χ3n) is 0.799. The van der Waals surface area contributed by atoms with Crippen LogP contribution >= 0.6 is 15.9 Å². The summed E-state index contributed by atoms with van der Waals surface area (Å²) >= 11 is 3.23. The average molecular weight is 171 g/mol. The summed E-state index contributed by atoms with van der Waals surface area (Å²) in [5.41, 5.74) is 6.12. The van der Waals surface area contributed by atoms with Gasteiger partial charge in [0.1, 0.15) is 11.8 Å². The normalized spacial score (nSPS) is 16.6. The lowest BCUT2D eigenvalue weighted by Gasteiger charge is -1.83. The summed E-state index contributed by atoms with van der Waals surface area (Å²) in [6.07, 6.45) is 8.29. The Morgan fingerprint density at radius 1 is 1.50 bits per heavy atom. The van der Waals surface area contributed by atoms with Crippen LogP contribution < -0.4 is 5.73 Å². The molecule has 0 atom stereocenters. The summed E-state index contributed by atoms with van der Waals surface area (Å²) in [4.78, 5) is 0. The zero-order valence-electron chi connectivity index (χ0n) is 4.19. The summed E-state index contributed by atoms with van der Waals surface area (Å²) in [6.45, 7) is 0. The highest BCUT2D eigenvalue weighted by atomic mass is 79.9. The van der Waals surface area contributed by atoms with Gasteiger partial charge in [-0.05, 0) is 15.9 Å². The molecule has 1 aliphatic carbocycles. The molecule has 0 spiro atoms. The Hall–Kier alpha value is -0.590. The van der Waals surface area contributed by atoms with E-state index in [-0.39, 0.29) is 0 Å². The maximum Gasteiger partial charge on any atom is 0.181 e. The van der Waals surface area contributed by atoms with Crippen molar-refractivity contribution in [2.45, 2.75) is 0 Å². The summed E-state index contributed by atoms with van der Waals surface area (Å²) in [6, 6.07) is 0. The quantitative estimate of drug-likeness (QED) is 0.549. The van der Waals surface area contributed by atoms with Crippen LogP contribution in [0.4, 0.5) is 0 Å². The molecule has 0 aromatic rings. The molecular weight excluding hydrogens is 166 g/mol. The summed E-state index contributed by atoms with van der Waals surface area (Å²) in [5.74, 6) is 0. The Labute approximate surface area is 56.7 Å². The molecule has 1 rings (SSSR count). The second-order valence-corrected chi connectivity index (χ2v) is 2.32. The van der Waals surface area contributed by atoms with Crippen LogP contribution in [0.2, 0.25) is 0 Å². The van der Waals surface area contributed by atoms with Crippen molar-refractivity contribution in [1.82, 2.24) is 0 Å². The monoisotopic (exact) mass is 170 g/mol. The Morgan fingerprint density at radius 2 is 2.25 bits per heavy atom. The summed E-state index contributed by atoms with van der Waals surface area (Å²) in [7, 11) is 0. The van der Waals surface area contributed by atoms with E-state index >= 15 is 0 Å². The van der Waals surface area contributed by atoms with Crippen LogP contribution in [0.5, 0.6) is 0 Å². The van der Waals surface area contributed by atoms with E-state index in [1.54, 1.807) is 6.08 Å². The van der Waals surface area contributed by atoms with Crippen LogP contribution in [-0.4, -0.2) is 0 Å². The van der Waals surface area contributed by atoms with Gasteiger partial charge in [-0.25, -0.2) is 0 Å². The lowest BCUT2D eigenvalue weighted by molar-refractivity contribution is 1.40. The Kier molecular flexibility index (Phi) is 1.47. The minimum atomic E-state index is 0.744. The Bertz CT molecular complexity index is 157. The van der Waals surface area contributed by atoms with Crippen LogP contribution in [0.3, 0.4) is 0 Å². The minimum absolute atomic E-state index is 0.744. The molecule has 0 fully saturated rings. The van der Waals surface area contributed by atoms with Gasteiger partial charge in [0, 0.05) is 0 Å². The first-order chi connectivity index (χ1) is 3.79. The molecule has 1 aliphatic rings.